The maximum absolute atomic E-state index is 13.5. The molecule has 0 aromatic carbocycles. The van der Waals surface area contributed by atoms with E-state index in [-0.39, 0.29) is 11.3 Å². The van der Waals surface area contributed by atoms with E-state index in [2.05, 4.69) is 15.0 Å². The number of piperidine rings is 1. The summed E-state index contributed by atoms with van der Waals surface area (Å²) < 4.78 is 1.84. The van der Waals surface area contributed by atoms with Crippen LogP contribution in [0, 0.1) is 0 Å². The molecule has 29 heavy (non-hydrogen) atoms. The fourth-order valence-corrected chi connectivity index (χ4v) is 4.82. The first-order valence-electron chi connectivity index (χ1n) is 10.1. The van der Waals surface area contributed by atoms with Crippen molar-refractivity contribution in [2.45, 2.75) is 31.1 Å². The molecule has 8 nitrogen and oxygen atoms in total. The zero-order valence-electron chi connectivity index (χ0n) is 17.1. The van der Waals surface area contributed by atoms with E-state index in [1.807, 2.05) is 41.7 Å². The van der Waals surface area contributed by atoms with E-state index in [9.17, 15) is 4.79 Å². The Labute approximate surface area is 169 Å². The summed E-state index contributed by atoms with van der Waals surface area (Å²) >= 11 is 0. The minimum absolute atomic E-state index is 0.0329. The molecule has 1 atom stereocenters. The average molecular weight is 391 g/mol. The van der Waals surface area contributed by atoms with Crippen molar-refractivity contribution in [2.75, 3.05) is 32.1 Å². The number of likely N-dealkylation sites (tertiary alicyclic amines) is 1. The highest BCUT2D eigenvalue weighted by Gasteiger charge is 2.45. The second kappa shape index (κ2) is 6.50. The minimum atomic E-state index is -0.0762. The third-order valence-corrected chi connectivity index (χ3v) is 6.32. The standard InChI is InChI=1S/C21H25N7O/c1-26(2)20-23-11-14-5-8-21(17(14)25-20)7-4-10-28(12-21)19(29)15-6-9-22-18-16(15)24-13-27(18)3/h6,9,11,13H,4-5,7-8,10,12H2,1-3H3. The lowest BCUT2D eigenvalue weighted by Crippen LogP contribution is -2.48. The van der Waals surface area contributed by atoms with Crippen LogP contribution in [0.5, 0.6) is 0 Å². The van der Waals surface area contributed by atoms with Crippen molar-refractivity contribution in [3.05, 3.63) is 41.6 Å². The molecule has 1 unspecified atom stereocenters. The summed E-state index contributed by atoms with van der Waals surface area (Å²) in [7, 11) is 5.81. The Hall–Kier alpha value is -3.03. The molecule has 1 saturated heterocycles. The van der Waals surface area contributed by atoms with Crippen molar-refractivity contribution in [1.82, 2.24) is 29.4 Å². The summed E-state index contributed by atoms with van der Waals surface area (Å²) in [6.07, 6.45) is 9.40. The molecular weight excluding hydrogens is 366 g/mol. The maximum atomic E-state index is 13.5. The number of anilines is 1. The van der Waals surface area contributed by atoms with Crippen LogP contribution in [-0.2, 0) is 18.9 Å². The first-order chi connectivity index (χ1) is 14.0. The molecule has 0 radical (unpaired) electrons. The lowest BCUT2D eigenvalue weighted by molar-refractivity contribution is 0.0635. The molecule has 150 valence electrons. The molecule has 1 spiro atoms. The van der Waals surface area contributed by atoms with Crippen molar-refractivity contribution in [1.29, 1.82) is 0 Å². The number of hydrogen-bond acceptors (Lipinski definition) is 6. The van der Waals surface area contributed by atoms with E-state index >= 15 is 0 Å². The van der Waals surface area contributed by atoms with Gasteiger partial charge in [-0.05, 0) is 37.3 Å². The molecule has 3 aromatic heterocycles. The highest BCUT2D eigenvalue weighted by Crippen LogP contribution is 2.44. The SMILES string of the molecule is CN(C)c1ncc2c(n1)C1(CCCN(C(=O)c3ccnc4c3ncn4C)C1)CC2. The number of amides is 1. The number of fused-ring (bicyclic) bond motifs is 3. The number of hydrogen-bond donors (Lipinski definition) is 0. The summed E-state index contributed by atoms with van der Waals surface area (Å²) in [6, 6.07) is 1.79. The molecule has 1 amide bonds. The van der Waals surface area contributed by atoms with Gasteiger partial charge in [-0.25, -0.2) is 19.9 Å². The third-order valence-electron chi connectivity index (χ3n) is 6.32. The van der Waals surface area contributed by atoms with Gasteiger partial charge in [0.1, 0.15) is 5.52 Å². The fraction of sp³-hybridized carbons (Fsp3) is 0.476. The van der Waals surface area contributed by atoms with Gasteiger partial charge in [0.15, 0.2) is 5.65 Å². The summed E-state index contributed by atoms with van der Waals surface area (Å²) in [5, 5.41) is 0. The Morgan fingerprint density at radius 3 is 2.90 bits per heavy atom. The number of carbonyl (C=O) groups excluding carboxylic acids is 1. The van der Waals surface area contributed by atoms with Crippen molar-refractivity contribution in [2.24, 2.45) is 7.05 Å². The lowest BCUT2D eigenvalue weighted by Gasteiger charge is -2.40. The molecule has 0 saturated carbocycles. The van der Waals surface area contributed by atoms with Crippen LogP contribution < -0.4 is 4.90 Å². The minimum Gasteiger partial charge on any atom is -0.347 e. The van der Waals surface area contributed by atoms with Gasteiger partial charge in [0.2, 0.25) is 5.95 Å². The van der Waals surface area contributed by atoms with Crippen LogP contribution in [0.3, 0.4) is 0 Å². The zero-order valence-corrected chi connectivity index (χ0v) is 17.1. The van der Waals surface area contributed by atoms with Crippen LogP contribution in [0.1, 0.15) is 40.9 Å². The highest BCUT2D eigenvalue weighted by atomic mass is 16.2. The normalized spacial score (nSPS) is 21.0. The molecule has 4 heterocycles. The topological polar surface area (TPSA) is 80.0 Å². The quantitative estimate of drug-likeness (QED) is 0.664. The van der Waals surface area contributed by atoms with Gasteiger partial charge in [-0.3, -0.25) is 4.79 Å². The van der Waals surface area contributed by atoms with Gasteiger partial charge in [-0.1, -0.05) is 0 Å². The molecule has 5 rings (SSSR count). The zero-order chi connectivity index (χ0) is 20.2. The van der Waals surface area contributed by atoms with Crippen LogP contribution in [0.15, 0.2) is 24.8 Å². The van der Waals surface area contributed by atoms with Crippen LogP contribution in [0.2, 0.25) is 0 Å². The van der Waals surface area contributed by atoms with Gasteiger partial charge in [0, 0.05) is 52.0 Å². The predicted octanol–water partition coefficient (Wildman–Crippen LogP) is 1.94. The number of nitrogens with zero attached hydrogens (tertiary/aromatic N) is 7. The van der Waals surface area contributed by atoms with Crippen molar-refractivity contribution in [3.63, 3.8) is 0 Å². The Kier molecular flexibility index (Phi) is 4.04. The molecule has 0 N–H and O–H groups in total. The smallest absolute Gasteiger partial charge is 0.256 e. The van der Waals surface area contributed by atoms with Crippen LogP contribution in [0.25, 0.3) is 11.2 Å². The van der Waals surface area contributed by atoms with Crippen molar-refractivity contribution >= 4 is 23.0 Å². The number of imidazole rings is 1. The van der Waals surface area contributed by atoms with Gasteiger partial charge in [-0.15, -0.1) is 0 Å². The molecule has 1 aliphatic heterocycles. The van der Waals surface area contributed by atoms with E-state index in [4.69, 9.17) is 4.98 Å². The molecule has 0 bridgehead atoms. The Balaban J connectivity index is 1.49. The van der Waals surface area contributed by atoms with Crippen molar-refractivity contribution in [3.8, 4) is 0 Å². The van der Waals surface area contributed by atoms with E-state index < -0.39 is 0 Å². The van der Waals surface area contributed by atoms with Crippen LogP contribution in [-0.4, -0.2) is 62.5 Å². The monoisotopic (exact) mass is 391 g/mol. The molecule has 8 heteroatoms. The molecule has 2 aliphatic rings. The highest BCUT2D eigenvalue weighted by molar-refractivity contribution is 6.04. The second-order valence-electron chi connectivity index (χ2n) is 8.44. The maximum Gasteiger partial charge on any atom is 0.256 e. The average Bonchev–Trinajstić information content (AvgIpc) is 3.28. The fourth-order valence-electron chi connectivity index (χ4n) is 4.82. The van der Waals surface area contributed by atoms with Crippen molar-refractivity contribution < 1.29 is 4.79 Å². The van der Waals surface area contributed by atoms with Gasteiger partial charge in [-0.2, -0.15) is 0 Å². The third kappa shape index (κ3) is 2.77. The van der Waals surface area contributed by atoms with E-state index in [1.54, 1.807) is 18.6 Å². The number of pyridine rings is 1. The summed E-state index contributed by atoms with van der Waals surface area (Å²) in [6.45, 7) is 1.46. The lowest BCUT2D eigenvalue weighted by atomic mass is 9.77. The van der Waals surface area contributed by atoms with Gasteiger partial charge >= 0.3 is 0 Å². The largest absolute Gasteiger partial charge is 0.347 e. The van der Waals surface area contributed by atoms with E-state index in [1.165, 1.54) is 5.56 Å². The second-order valence-corrected chi connectivity index (χ2v) is 8.44. The number of aryl methyl sites for hydroxylation is 2. The van der Waals surface area contributed by atoms with E-state index in [0.717, 1.165) is 49.5 Å². The Morgan fingerprint density at radius 2 is 2.07 bits per heavy atom. The Bertz CT molecular complexity index is 1100. The number of aromatic nitrogens is 5. The number of carbonyl (C=O) groups is 1. The number of rotatable bonds is 2. The first kappa shape index (κ1) is 18.0. The van der Waals surface area contributed by atoms with Gasteiger partial charge in [0.05, 0.1) is 17.6 Å². The van der Waals surface area contributed by atoms with Gasteiger partial charge in [0.25, 0.3) is 5.91 Å². The Morgan fingerprint density at radius 1 is 1.21 bits per heavy atom. The molecule has 3 aromatic rings. The molecule has 1 aliphatic carbocycles. The van der Waals surface area contributed by atoms with Crippen LogP contribution >= 0.6 is 0 Å². The molecular formula is C21H25N7O. The van der Waals surface area contributed by atoms with Gasteiger partial charge < -0.3 is 14.4 Å². The first-order valence-corrected chi connectivity index (χ1v) is 10.1. The summed E-state index contributed by atoms with van der Waals surface area (Å²) in [5.41, 5.74) is 4.31. The van der Waals surface area contributed by atoms with Crippen LogP contribution in [0.4, 0.5) is 5.95 Å². The summed E-state index contributed by atoms with van der Waals surface area (Å²) in [5.74, 6) is 0.767. The molecule has 1 fully saturated rings. The predicted molar refractivity (Wildman–Crippen MR) is 110 cm³/mol. The van der Waals surface area contributed by atoms with E-state index in [0.29, 0.717) is 17.6 Å². The summed E-state index contributed by atoms with van der Waals surface area (Å²) in [4.78, 5) is 35.5.